The van der Waals surface area contributed by atoms with E-state index in [4.69, 9.17) is 16.7 Å². The number of nitrogens with zero attached hydrogens (tertiary/aromatic N) is 3. The molecule has 0 amide bonds. The summed E-state index contributed by atoms with van der Waals surface area (Å²) in [7, 11) is 0. The van der Waals surface area contributed by atoms with Crippen LogP contribution in [0, 0.1) is 5.82 Å². The average Bonchev–Trinajstić information content (AvgIpc) is 3.80. The van der Waals surface area contributed by atoms with Gasteiger partial charge in [-0.15, -0.1) is 0 Å². The number of benzene rings is 4. The molecule has 1 saturated carbocycles. The first kappa shape index (κ1) is 27.8. The molecule has 2 fully saturated rings. The van der Waals surface area contributed by atoms with E-state index in [0.29, 0.717) is 22.5 Å². The predicted octanol–water partition coefficient (Wildman–Crippen LogP) is 8.42. The average molecular weight is 594 g/mol. The van der Waals surface area contributed by atoms with Crippen LogP contribution < -0.4 is 0 Å². The van der Waals surface area contributed by atoms with E-state index in [1.54, 1.807) is 12.1 Å². The molecule has 0 radical (unpaired) electrons. The van der Waals surface area contributed by atoms with E-state index in [0.717, 1.165) is 67.6 Å². The zero-order valence-electron chi connectivity index (χ0n) is 23.8. The van der Waals surface area contributed by atoms with Gasteiger partial charge in [-0.05, 0) is 110 Å². The number of hydrogen-bond acceptors (Lipinski definition) is 3. The Morgan fingerprint density at radius 2 is 1.56 bits per heavy atom. The zero-order chi connectivity index (χ0) is 29.5. The molecule has 218 valence electrons. The van der Waals surface area contributed by atoms with Crippen LogP contribution in [0.3, 0.4) is 0 Å². The summed E-state index contributed by atoms with van der Waals surface area (Å²) in [4.78, 5) is 13.8. The summed E-state index contributed by atoms with van der Waals surface area (Å²) in [6.45, 7) is 2.61. The van der Waals surface area contributed by atoms with Crippen LogP contribution >= 0.6 is 11.6 Å². The highest BCUT2D eigenvalue weighted by atomic mass is 35.5. The number of carboxylic acid groups (broad SMARTS) is 1. The fourth-order valence-electron chi connectivity index (χ4n) is 6.57. The van der Waals surface area contributed by atoms with E-state index < -0.39 is 5.97 Å². The summed E-state index contributed by atoms with van der Waals surface area (Å²) in [6.07, 6.45) is 4.32. The molecule has 1 aromatic heterocycles. The van der Waals surface area contributed by atoms with Crippen LogP contribution in [0.5, 0.6) is 0 Å². The summed E-state index contributed by atoms with van der Waals surface area (Å²) in [5.41, 5.74) is 6.99. The van der Waals surface area contributed by atoms with E-state index >= 15 is 0 Å². The number of hydrogen-bond donors (Lipinski definition) is 1. The highest BCUT2D eigenvalue weighted by Gasteiger charge is 2.31. The van der Waals surface area contributed by atoms with E-state index in [1.165, 1.54) is 28.7 Å². The lowest BCUT2D eigenvalue weighted by molar-refractivity contribution is 0.0696. The van der Waals surface area contributed by atoms with Gasteiger partial charge in [-0.2, -0.15) is 5.10 Å². The molecule has 1 aliphatic heterocycles. The Labute approximate surface area is 255 Å². The van der Waals surface area contributed by atoms with Crippen LogP contribution in [0.25, 0.3) is 10.9 Å². The van der Waals surface area contributed by atoms with Gasteiger partial charge in [-0.1, -0.05) is 54.1 Å². The van der Waals surface area contributed by atoms with E-state index in [2.05, 4.69) is 39.9 Å². The van der Waals surface area contributed by atoms with Gasteiger partial charge in [0.25, 0.3) is 0 Å². The maximum Gasteiger partial charge on any atom is 0.335 e. The quantitative estimate of drug-likeness (QED) is 0.183. The predicted molar refractivity (Wildman–Crippen MR) is 167 cm³/mol. The van der Waals surface area contributed by atoms with Gasteiger partial charge in [0.1, 0.15) is 5.82 Å². The summed E-state index contributed by atoms with van der Waals surface area (Å²) >= 11 is 6.24. The number of halogens is 2. The molecule has 1 atom stereocenters. The van der Waals surface area contributed by atoms with E-state index in [1.807, 2.05) is 36.4 Å². The lowest BCUT2D eigenvalue weighted by Gasteiger charge is -2.31. The number of piperidine rings is 1. The van der Waals surface area contributed by atoms with Gasteiger partial charge in [-0.25, -0.2) is 9.18 Å². The third kappa shape index (κ3) is 5.82. The number of aromatic nitrogens is 2. The monoisotopic (exact) mass is 593 g/mol. The molecule has 2 heterocycles. The minimum Gasteiger partial charge on any atom is -0.478 e. The molecular formula is C36H33ClFN3O2. The smallest absolute Gasteiger partial charge is 0.335 e. The molecule has 4 aromatic carbocycles. The van der Waals surface area contributed by atoms with Gasteiger partial charge in [0.2, 0.25) is 0 Å². The second kappa shape index (κ2) is 11.6. The van der Waals surface area contributed by atoms with Crippen molar-refractivity contribution in [3.05, 3.63) is 135 Å². The number of rotatable bonds is 8. The van der Waals surface area contributed by atoms with Crippen LogP contribution in [-0.4, -0.2) is 38.8 Å². The number of fused-ring (bicyclic) bond motifs is 1. The minimum absolute atomic E-state index is 0.0668. The molecule has 0 bridgehead atoms. The van der Waals surface area contributed by atoms with E-state index in [-0.39, 0.29) is 11.7 Å². The highest BCUT2D eigenvalue weighted by Crippen LogP contribution is 2.42. The molecule has 43 heavy (non-hydrogen) atoms. The van der Waals surface area contributed by atoms with Crippen molar-refractivity contribution >= 4 is 28.5 Å². The molecule has 1 N–H and O–H groups in total. The van der Waals surface area contributed by atoms with Crippen LogP contribution in [0.4, 0.5) is 4.39 Å². The van der Waals surface area contributed by atoms with Crippen molar-refractivity contribution in [3.8, 4) is 0 Å². The molecule has 1 saturated heterocycles. The summed E-state index contributed by atoms with van der Waals surface area (Å²) in [5.74, 6) is -0.860. The van der Waals surface area contributed by atoms with Crippen molar-refractivity contribution in [2.24, 2.45) is 0 Å². The van der Waals surface area contributed by atoms with Gasteiger partial charge in [0, 0.05) is 28.8 Å². The van der Waals surface area contributed by atoms with Crippen LogP contribution in [0.1, 0.15) is 81.9 Å². The van der Waals surface area contributed by atoms with Gasteiger partial charge in [0.15, 0.2) is 0 Å². The summed E-state index contributed by atoms with van der Waals surface area (Å²) in [6, 6.07) is 29.2. The molecule has 1 unspecified atom stereocenters. The Bertz CT molecular complexity index is 1730. The SMILES string of the molecule is O=C(O)c1cccc(CN2CCC(c3nn(C4CC4)c4ccc(C(c5ccc(F)cc5)c5ccc(Cl)cc5)cc34)CC2)c1. The third-order valence-corrected chi connectivity index (χ3v) is 9.20. The Morgan fingerprint density at radius 3 is 2.23 bits per heavy atom. The Balaban J connectivity index is 1.20. The van der Waals surface area contributed by atoms with E-state index in [9.17, 15) is 14.3 Å². The molecule has 7 heteroatoms. The van der Waals surface area contributed by atoms with Gasteiger partial charge < -0.3 is 5.11 Å². The third-order valence-electron chi connectivity index (χ3n) is 8.95. The first-order valence-corrected chi connectivity index (χ1v) is 15.4. The maximum atomic E-state index is 13.9. The molecule has 7 rings (SSSR count). The lowest BCUT2D eigenvalue weighted by atomic mass is 9.84. The standard InChI is InChI=1S/C36H33ClFN3O2/c37-29-9-4-24(5-10-29)34(25-6-11-30(38)12-7-25)27-8-15-33-32(21-27)35(39-41(33)31-13-14-31)26-16-18-40(19-17-26)22-23-2-1-3-28(20-23)36(42)43/h1-12,15,20-21,26,31,34H,13-14,16-19,22H2,(H,42,43). The largest absolute Gasteiger partial charge is 0.478 e. The fraction of sp³-hybridized carbons (Fsp3) is 0.278. The van der Waals surface area contributed by atoms with Gasteiger partial charge in [0.05, 0.1) is 22.8 Å². The highest BCUT2D eigenvalue weighted by molar-refractivity contribution is 6.30. The minimum atomic E-state index is -0.893. The topological polar surface area (TPSA) is 58.4 Å². The molecule has 0 spiro atoms. The number of carbonyl (C=O) groups is 1. The normalized spacial score (nSPS) is 16.9. The van der Waals surface area contributed by atoms with Crippen molar-refractivity contribution in [3.63, 3.8) is 0 Å². The van der Waals surface area contributed by atoms with Crippen molar-refractivity contribution in [1.82, 2.24) is 14.7 Å². The summed E-state index contributed by atoms with van der Waals surface area (Å²) in [5, 5.41) is 16.5. The molecule has 5 nitrogen and oxygen atoms in total. The van der Waals surface area contributed by atoms with Crippen molar-refractivity contribution in [2.45, 2.75) is 50.1 Å². The number of likely N-dealkylation sites (tertiary alicyclic amines) is 1. The zero-order valence-corrected chi connectivity index (χ0v) is 24.6. The second-order valence-electron chi connectivity index (χ2n) is 11.9. The number of aromatic carboxylic acids is 1. The van der Waals surface area contributed by atoms with Crippen molar-refractivity contribution < 1.29 is 14.3 Å². The molecular weight excluding hydrogens is 561 g/mol. The molecule has 1 aliphatic carbocycles. The fourth-order valence-corrected chi connectivity index (χ4v) is 6.70. The van der Waals surface area contributed by atoms with Crippen LogP contribution in [-0.2, 0) is 6.54 Å². The van der Waals surface area contributed by atoms with Crippen LogP contribution in [0.2, 0.25) is 5.02 Å². The van der Waals surface area contributed by atoms with Crippen LogP contribution in [0.15, 0.2) is 91.0 Å². The van der Waals surface area contributed by atoms with Crippen molar-refractivity contribution in [1.29, 1.82) is 0 Å². The summed E-state index contributed by atoms with van der Waals surface area (Å²) < 4.78 is 16.1. The first-order chi connectivity index (χ1) is 20.9. The second-order valence-corrected chi connectivity index (χ2v) is 12.4. The molecule has 5 aromatic rings. The Morgan fingerprint density at radius 1 is 0.884 bits per heavy atom. The Kier molecular flexibility index (Phi) is 7.50. The first-order valence-electron chi connectivity index (χ1n) is 15.0. The molecule has 2 aliphatic rings. The number of carboxylic acids is 1. The van der Waals surface area contributed by atoms with Gasteiger partial charge >= 0.3 is 5.97 Å². The van der Waals surface area contributed by atoms with Gasteiger partial charge in [-0.3, -0.25) is 9.58 Å². The lowest BCUT2D eigenvalue weighted by Crippen LogP contribution is -2.32. The Hall–Kier alpha value is -4.00. The maximum absolute atomic E-state index is 13.9. The van der Waals surface area contributed by atoms with Crippen molar-refractivity contribution in [2.75, 3.05) is 13.1 Å².